The first-order valence-electron chi connectivity index (χ1n) is 8.59. The zero-order valence-corrected chi connectivity index (χ0v) is 16.0. The number of nitrogens with one attached hydrogen (secondary N) is 1. The van der Waals surface area contributed by atoms with Gasteiger partial charge in [0.2, 0.25) is 11.9 Å². The van der Waals surface area contributed by atoms with Gasteiger partial charge in [-0.3, -0.25) is 4.79 Å². The lowest BCUT2D eigenvalue weighted by atomic mass is 9.70. The Balaban J connectivity index is 2.16. The summed E-state index contributed by atoms with van der Waals surface area (Å²) < 4.78 is 4.79. The molecule has 0 bridgehead atoms. The Labute approximate surface area is 162 Å². The molecule has 0 unspecified atom stereocenters. The van der Waals surface area contributed by atoms with Crippen molar-refractivity contribution in [2.45, 2.75) is 32.4 Å². The van der Waals surface area contributed by atoms with Crippen molar-refractivity contribution < 1.29 is 19.1 Å². The fourth-order valence-corrected chi connectivity index (χ4v) is 3.03. The van der Waals surface area contributed by atoms with Gasteiger partial charge < -0.3 is 21.5 Å². The van der Waals surface area contributed by atoms with Crippen LogP contribution in [0.5, 0.6) is 0 Å². The molecular formula is C18H24N6O4. The van der Waals surface area contributed by atoms with Crippen LogP contribution in [0.4, 0.5) is 4.79 Å². The maximum Gasteiger partial charge on any atom is 0.330 e. The number of hydrogen-bond donors (Lipinski definition) is 3. The molecule has 0 saturated carbocycles. The number of benzene rings is 1. The number of urea groups is 1. The molecule has 1 heterocycles. The fourth-order valence-electron chi connectivity index (χ4n) is 3.03. The van der Waals surface area contributed by atoms with E-state index < -0.39 is 29.4 Å². The molecule has 1 aliphatic rings. The lowest BCUT2D eigenvalue weighted by molar-refractivity contribution is -0.177. The molecule has 0 aromatic heterocycles. The smallest absolute Gasteiger partial charge is 0.330 e. The number of imide groups is 1. The molecule has 5 N–H and O–H groups in total. The number of nitrogens with zero attached hydrogens (tertiary/aromatic N) is 3. The quantitative estimate of drug-likeness (QED) is 0.212. The van der Waals surface area contributed by atoms with Gasteiger partial charge in [0, 0.05) is 12.6 Å². The van der Waals surface area contributed by atoms with Crippen LogP contribution < -0.4 is 16.8 Å². The van der Waals surface area contributed by atoms with Gasteiger partial charge in [0.05, 0.1) is 18.6 Å². The molecule has 28 heavy (non-hydrogen) atoms. The van der Waals surface area contributed by atoms with E-state index in [0.29, 0.717) is 0 Å². The molecular weight excluding hydrogens is 364 g/mol. The molecule has 1 aromatic carbocycles. The first-order chi connectivity index (χ1) is 13.2. The van der Waals surface area contributed by atoms with Gasteiger partial charge in [-0.1, -0.05) is 30.3 Å². The van der Waals surface area contributed by atoms with Crippen LogP contribution in [0.2, 0.25) is 0 Å². The minimum Gasteiger partial charge on any atom is -0.467 e. The van der Waals surface area contributed by atoms with Crippen molar-refractivity contribution in [3.05, 3.63) is 35.9 Å². The van der Waals surface area contributed by atoms with Crippen LogP contribution in [-0.4, -0.2) is 48.1 Å². The normalized spacial score (nSPS) is 22.3. The van der Waals surface area contributed by atoms with Crippen LogP contribution in [0.3, 0.4) is 0 Å². The van der Waals surface area contributed by atoms with Crippen LogP contribution in [0, 0.1) is 5.41 Å². The van der Waals surface area contributed by atoms with Crippen molar-refractivity contribution in [2.24, 2.45) is 27.1 Å². The molecule has 3 amide bonds. The molecule has 0 spiro atoms. The van der Waals surface area contributed by atoms with Crippen LogP contribution in [0.1, 0.15) is 31.9 Å². The van der Waals surface area contributed by atoms with Crippen LogP contribution in [0.15, 0.2) is 40.5 Å². The van der Waals surface area contributed by atoms with Gasteiger partial charge in [0.25, 0.3) is 0 Å². The Bertz CT molecular complexity index is 806. The minimum absolute atomic E-state index is 0.0560. The van der Waals surface area contributed by atoms with Gasteiger partial charge in [0.15, 0.2) is 6.04 Å². The molecule has 10 nitrogen and oxygen atoms in total. The van der Waals surface area contributed by atoms with E-state index in [1.54, 1.807) is 13.8 Å². The van der Waals surface area contributed by atoms with Crippen molar-refractivity contribution >= 4 is 30.1 Å². The third-order valence-corrected chi connectivity index (χ3v) is 4.62. The first kappa shape index (κ1) is 20.9. The Morgan fingerprint density at radius 3 is 2.57 bits per heavy atom. The highest BCUT2D eigenvalue weighted by Gasteiger charge is 2.63. The van der Waals surface area contributed by atoms with E-state index in [1.807, 2.05) is 30.3 Å². The summed E-state index contributed by atoms with van der Waals surface area (Å²) in [6.07, 6.45) is 1.37. The number of amides is 3. The summed E-state index contributed by atoms with van der Waals surface area (Å²) in [6, 6.07) is 7.15. The van der Waals surface area contributed by atoms with Gasteiger partial charge in [-0.15, -0.1) is 5.10 Å². The van der Waals surface area contributed by atoms with E-state index in [9.17, 15) is 14.4 Å². The summed E-state index contributed by atoms with van der Waals surface area (Å²) >= 11 is 0. The zero-order chi connectivity index (χ0) is 20.9. The van der Waals surface area contributed by atoms with Gasteiger partial charge >= 0.3 is 12.0 Å². The number of ether oxygens (including phenoxy) is 1. The summed E-state index contributed by atoms with van der Waals surface area (Å²) in [7, 11) is 1.20. The number of hydrogen-bond acceptors (Lipinski definition) is 6. The van der Waals surface area contributed by atoms with Crippen molar-refractivity contribution in [3.8, 4) is 0 Å². The van der Waals surface area contributed by atoms with Gasteiger partial charge in [-0.2, -0.15) is 5.10 Å². The summed E-state index contributed by atoms with van der Waals surface area (Å²) in [5, 5.41) is 9.82. The number of guanidine groups is 1. The average Bonchev–Trinajstić information content (AvgIpc) is 2.68. The first-order valence-corrected chi connectivity index (χ1v) is 8.59. The van der Waals surface area contributed by atoms with E-state index in [2.05, 4.69) is 15.5 Å². The number of nitrogens with two attached hydrogens (primary N) is 2. The Morgan fingerprint density at radius 1 is 1.36 bits per heavy atom. The average molecular weight is 388 g/mol. The molecule has 1 aliphatic heterocycles. The maximum atomic E-state index is 12.7. The van der Waals surface area contributed by atoms with E-state index in [-0.39, 0.29) is 18.4 Å². The third kappa shape index (κ3) is 4.11. The fraction of sp³-hybridized carbons (Fsp3) is 0.389. The van der Waals surface area contributed by atoms with Crippen molar-refractivity contribution in [3.63, 3.8) is 0 Å². The monoisotopic (exact) mass is 388 g/mol. The number of carbonyl (C=O) groups is 3. The lowest BCUT2D eigenvalue weighted by Gasteiger charge is -2.50. The van der Waals surface area contributed by atoms with Crippen LogP contribution >= 0.6 is 0 Å². The SMILES string of the molecule is COC(=O)[C@H]1N(C(=O)N[C@H](C)c2ccccc2)C(=O)[C@]1(C)CC=NN=C(N)N. The topological polar surface area (TPSA) is 152 Å². The van der Waals surface area contributed by atoms with Gasteiger partial charge in [0.1, 0.15) is 0 Å². The lowest BCUT2D eigenvalue weighted by Crippen LogP contribution is -2.73. The van der Waals surface area contributed by atoms with E-state index >= 15 is 0 Å². The third-order valence-electron chi connectivity index (χ3n) is 4.62. The Morgan fingerprint density at radius 2 is 2.00 bits per heavy atom. The highest BCUT2D eigenvalue weighted by molar-refractivity contribution is 6.10. The number of likely N-dealkylation sites (tertiary alicyclic amines) is 1. The minimum atomic E-state index is -1.19. The largest absolute Gasteiger partial charge is 0.467 e. The second-order valence-corrected chi connectivity index (χ2v) is 6.63. The highest BCUT2D eigenvalue weighted by atomic mass is 16.5. The standard InChI is InChI=1S/C18H24N6O4/c1-11(12-7-5-4-6-8-12)22-17(27)24-13(14(25)28-3)18(2,15(24)26)9-10-21-23-16(19)20/h4-8,10-11,13H,9H2,1-3H3,(H,22,27)(H4,19,20,23)/t11-,13-,18-/m1/s1. The molecule has 1 aromatic rings. The van der Waals surface area contributed by atoms with Crippen molar-refractivity contribution in [1.82, 2.24) is 10.2 Å². The van der Waals surface area contributed by atoms with Crippen molar-refractivity contribution in [1.29, 1.82) is 0 Å². The number of carbonyl (C=O) groups excluding carboxylic acids is 3. The molecule has 0 radical (unpaired) electrons. The number of esters is 1. The second kappa shape index (κ2) is 8.51. The van der Waals surface area contributed by atoms with E-state index in [4.69, 9.17) is 16.2 Å². The molecule has 0 aliphatic carbocycles. The Hall–Kier alpha value is -3.43. The predicted molar refractivity (Wildman–Crippen MR) is 103 cm³/mol. The summed E-state index contributed by atoms with van der Waals surface area (Å²) in [6.45, 7) is 3.34. The van der Waals surface area contributed by atoms with Crippen LogP contribution in [-0.2, 0) is 14.3 Å². The number of β-lactam (4-membered cyclic amide) rings is 1. The molecule has 2 rings (SSSR count). The molecule has 1 saturated heterocycles. The summed E-state index contributed by atoms with van der Waals surface area (Å²) in [5.41, 5.74) is 10.0. The molecule has 150 valence electrons. The predicted octanol–water partition coefficient (Wildman–Crippen LogP) is 0.497. The van der Waals surface area contributed by atoms with Crippen molar-refractivity contribution in [2.75, 3.05) is 7.11 Å². The van der Waals surface area contributed by atoms with E-state index in [1.165, 1.54) is 13.3 Å². The van der Waals surface area contributed by atoms with Gasteiger partial charge in [-0.25, -0.2) is 14.5 Å². The Kier molecular flexibility index (Phi) is 6.34. The number of methoxy groups -OCH3 is 1. The second-order valence-electron chi connectivity index (χ2n) is 6.63. The van der Waals surface area contributed by atoms with E-state index in [0.717, 1.165) is 10.5 Å². The molecule has 3 atom stereocenters. The molecule has 10 heteroatoms. The summed E-state index contributed by atoms with van der Waals surface area (Å²) in [4.78, 5) is 38.5. The maximum absolute atomic E-state index is 12.7. The summed E-state index contributed by atoms with van der Waals surface area (Å²) in [5.74, 6) is -1.45. The van der Waals surface area contributed by atoms with Gasteiger partial charge in [-0.05, 0) is 19.4 Å². The zero-order valence-electron chi connectivity index (χ0n) is 16.0. The molecule has 1 fully saturated rings. The number of rotatable bonds is 6. The van der Waals surface area contributed by atoms with Crippen LogP contribution in [0.25, 0.3) is 0 Å². The highest BCUT2D eigenvalue weighted by Crippen LogP contribution is 2.42.